The number of benzene rings is 1. The Hall–Kier alpha value is -0.860. The number of hydrogen-bond donors (Lipinski definition) is 2. The standard InChI is InChI=1S/C13H21NO/c1-10-7-12(13(2,3)4)6-5-11(10)8-14-9-15/h5-7,14-15H,8-9H2,1-4H3. The maximum absolute atomic E-state index is 8.69. The molecular weight excluding hydrogens is 186 g/mol. The highest BCUT2D eigenvalue weighted by atomic mass is 16.3. The molecular formula is C13H21NO. The summed E-state index contributed by atoms with van der Waals surface area (Å²) >= 11 is 0. The van der Waals surface area contributed by atoms with E-state index in [9.17, 15) is 0 Å². The number of nitrogens with one attached hydrogen (secondary N) is 1. The number of hydrogen-bond acceptors (Lipinski definition) is 2. The molecule has 0 saturated heterocycles. The van der Waals surface area contributed by atoms with Crippen LogP contribution in [0, 0.1) is 6.92 Å². The second-order valence-corrected chi connectivity index (χ2v) is 4.98. The molecule has 84 valence electrons. The van der Waals surface area contributed by atoms with Gasteiger partial charge in [0.25, 0.3) is 0 Å². The summed E-state index contributed by atoms with van der Waals surface area (Å²) in [5.41, 5.74) is 4.08. The van der Waals surface area contributed by atoms with Crippen molar-refractivity contribution in [1.29, 1.82) is 0 Å². The summed E-state index contributed by atoms with van der Waals surface area (Å²) in [4.78, 5) is 0. The normalized spacial score (nSPS) is 11.8. The van der Waals surface area contributed by atoms with Crippen LogP contribution in [-0.2, 0) is 12.0 Å². The first kappa shape index (κ1) is 12.2. The summed E-state index contributed by atoms with van der Waals surface area (Å²) in [5, 5.41) is 11.6. The van der Waals surface area contributed by atoms with E-state index >= 15 is 0 Å². The van der Waals surface area contributed by atoms with Crippen molar-refractivity contribution >= 4 is 0 Å². The first-order chi connectivity index (χ1) is 6.95. The van der Waals surface area contributed by atoms with Gasteiger partial charge >= 0.3 is 0 Å². The minimum Gasteiger partial charge on any atom is -0.381 e. The molecule has 1 rings (SSSR count). The van der Waals surface area contributed by atoms with E-state index in [0.717, 1.165) is 6.54 Å². The zero-order valence-corrected chi connectivity index (χ0v) is 10.1. The van der Waals surface area contributed by atoms with Crippen LogP contribution in [-0.4, -0.2) is 11.8 Å². The minimum atomic E-state index is 0.0282. The van der Waals surface area contributed by atoms with E-state index in [1.807, 2.05) is 0 Å². The summed E-state index contributed by atoms with van der Waals surface area (Å²) in [6.07, 6.45) is 0. The lowest BCUT2D eigenvalue weighted by Crippen LogP contribution is -2.16. The summed E-state index contributed by atoms with van der Waals surface area (Å²) in [6, 6.07) is 6.54. The first-order valence-corrected chi connectivity index (χ1v) is 5.36. The van der Waals surface area contributed by atoms with Crippen molar-refractivity contribution in [3.05, 3.63) is 34.9 Å². The van der Waals surface area contributed by atoms with Gasteiger partial charge in [0.05, 0.1) is 6.73 Å². The van der Waals surface area contributed by atoms with Crippen molar-refractivity contribution in [2.75, 3.05) is 6.73 Å². The van der Waals surface area contributed by atoms with Crippen LogP contribution in [0.1, 0.15) is 37.5 Å². The summed E-state index contributed by atoms with van der Waals surface area (Å²) in [6.45, 7) is 9.52. The average molecular weight is 207 g/mol. The van der Waals surface area contributed by atoms with E-state index < -0.39 is 0 Å². The van der Waals surface area contributed by atoms with Gasteiger partial charge in [-0.3, -0.25) is 5.32 Å². The van der Waals surface area contributed by atoms with Crippen molar-refractivity contribution in [2.45, 2.75) is 39.7 Å². The topological polar surface area (TPSA) is 32.3 Å². The van der Waals surface area contributed by atoms with Gasteiger partial charge < -0.3 is 5.11 Å². The molecule has 2 N–H and O–H groups in total. The fraction of sp³-hybridized carbons (Fsp3) is 0.538. The van der Waals surface area contributed by atoms with E-state index in [-0.39, 0.29) is 12.1 Å². The molecule has 0 aliphatic carbocycles. The quantitative estimate of drug-likeness (QED) is 0.746. The smallest absolute Gasteiger partial charge is 0.0934 e. The zero-order chi connectivity index (χ0) is 11.5. The molecule has 0 fully saturated rings. The molecule has 0 saturated carbocycles. The number of rotatable bonds is 3. The van der Waals surface area contributed by atoms with Crippen LogP contribution >= 0.6 is 0 Å². The molecule has 1 aromatic rings. The molecule has 0 aliphatic heterocycles. The SMILES string of the molecule is Cc1cc(C(C)(C)C)ccc1CNCO. The van der Waals surface area contributed by atoms with Crippen molar-refractivity contribution in [1.82, 2.24) is 5.32 Å². The predicted molar refractivity (Wildman–Crippen MR) is 63.8 cm³/mol. The van der Waals surface area contributed by atoms with Crippen LogP contribution in [0.15, 0.2) is 18.2 Å². The Morgan fingerprint density at radius 3 is 2.40 bits per heavy atom. The highest BCUT2D eigenvalue weighted by Crippen LogP contribution is 2.24. The molecule has 1 aromatic carbocycles. The molecule has 0 aromatic heterocycles. The van der Waals surface area contributed by atoms with Crippen LogP contribution < -0.4 is 5.32 Å². The van der Waals surface area contributed by atoms with E-state index in [1.54, 1.807) is 0 Å². The maximum atomic E-state index is 8.69. The largest absolute Gasteiger partial charge is 0.381 e. The Balaban J connectivity index is 2.88. The van der Waals surface area contributed by atoms with Gasteiger partial charge in [0.1, 0.15) is 0 Å². The lowest BCUT2D eigenvalue weighted by Gasteiger charge is -2.20. The molecule has 2 heteroatoms. The lowest BCUT2D eigenvalue weighted by atomic mass is 9.85. The van der Waals surface area contributed by atoms with Gasteiger partial charge in [0, 0.05) is 6.54 Å². The Kier molecular flexibility index (Phi) is 3.89. The van der Waals surface area contributed by atoms with Gasteiger partial charge in [-0.15, -0.1) is 0 Å². The molecule has 0 heterocycles. The zero-order valence-electron chi connectivity index (χ0n) is 10.1. The summed E-state index contributed by atoms with van der Waals surface area (Å²) < 4.78 is 0. The van der Waals surface area contributed by atoms with Crippen LogP contribution in [0.3, 0.4) is 0 Å². The predicted octanol–water partition coefficient (Wildman–Crippen LogP) is 2.33. The van der Waals surface area contributed by atoms with E-state index in [1.165, 1.54) is 16.7 Å². The van der Waals surface area contributed by atoms with E-state index in [0.29, 0.717) is 0 Å². The molecule has 0 amide bonds. The number of aryl methyl sites for hydroxylation is 1. The Morgan fingerprint density at radius 2 is 1.93 bits per heavy atom. The van der Waals surface area contributed by atoms with Crippen LogP contribution in [0.25, 0.3) is 0 Å². The van der Waals surface area contributed by atoms with Crippen molar-refractivity contribution < 1.29 is 5.11 Å². The van der Waals surface area contributed by atoms with Crippen molar-refractivity contribution in [3.63, 3.8) is 0 Å². The lowest BCUT2D eigenvalue weighted by molar-refractivity contribution is 0.259. The van der Waals surface area contributed by atoms with Gasteiger partial charge in [0.2, 0.25) is 0 Å². The van der Waals surface area contributed by atoms with Crippen LogP contribution in [0.2, 0.25) is 0 Å². The minimum absolute atomic E-state index is 0.0282. The second-order valence-electron chi connectivity index (χ2n) is 4.98. The Morgan fingerprint density at radius 1 is 1.27 bits per heavy atom. The molecule has 0 aliphatic rings. The van der Waals surface area contributed by atoms with Crippen LogP contribution in [0.5, 0.6) is 0 Å². The van der Waals surface area contributed by atoms with E-state index in [2.05, 4.69) is 51.2 Å². The van der Waals surface area contributed by atoms with Gasteiger partial charge in [-0.1, -0.05) is 39.0 Å². The maximum Gasteiger partial charge on any atom is 0.0934 e. The number of aliphatic hydroxyl groups is 1. The monoisotopic (exact) mass is 207 g/mol. The van der Waals surface area contributed by atoms with Crippen LogP contribution in [0.4, 0.5) is 0 Å². The highest BCUT2D eigenvalue weighted by molar-refractivity contribution is 5.34. The fourth-order valence-electron chi connectivity index (χ4n) is 1.55. The third-order valence-corrected chi connectivity index (χ3v) is 2.64. The van der Waals surface area contributed by atoms with Gasteiger partial charge in [0.15, 0.2) is 0 Å². The Bertz CT molecular complexity index is 326. The Labute approximate surface area is 92.3 Å². The third kappa shape index (κ3) is 3.33. The average Bonchev–Trinajstić information content (AvgIpc) is 2.14. The summed E-state index contributed by atoms with van der Waals surface area (Å²) in [5.74, 6) is 0. The molecule has 0 spiro atoms. The van der Waals surface area contributed by atoms with Gasteiger partial charge in [-0.05, 0) is 29.0 Å². The number of aliphatic hydroxyl groups excluding tert-OH is 1. The van der Waals surface area contributed by atoms with Gasteiger partial charge in [-0.2, -0.15) is 0 Å². The van der Waals surface area contributed by atoms with E-state index in [4.69, 9.17) is 5.11 Å². The highest BCUT2D eigenvalue weighted by Gasteiger charge is 2.13. The molecule has 15 heavy (non-hydrogen) atoms. The molecule has 0 atom stereocenters. The van der Waals surface area contributed by atoms with Crippen molar-refractivity contribution in [3.8, 4) is 0 Å². The molecule has 2 nitrogen and oxygen atoms in total. The molecule has 0 bridgehead atoms. The van der Waals surface area contributed by atoms with Gasteiger partial charge in [-0.25, -0.2) is 0 Å². The first-order valence-electron chi connectivity index (χ1n) is 5.36. The molecule has 0 radical (unpaired) electrons. The van der Waals surface area contributed by atoms with Crippen molar-refractivity contribution in [2.24, 2.45) is 0 Å². The molecule has 0 unspecified atom stereocenters. The fourth-order valence-corrected chi connectivity index (χ4v) is 1.55. The summed E-state index contributed by atoms with van der Waals surface area (Å²) in [7, 11) is 0. The second kappa shape index (κ2) is 4.77. The third-order valence-electron chi connectivity index (χ3n) is 2.64.